The summed E-state index contributed by atoms with van der Waals surface area (Å²) in [6.07, 6.45) is 0.533. The molecule has 2 N–H and O–H groups in total. The summed E-state index contributed by atoms with van der Waals surface area (Å²) < 4.78 is 0. The van der Waals surface area contributed by atoms with Crippen LogP contribution in [0, 0.1) is 5.41 Å². The van der Waals surface area contributed by atoms with Gasteiger partial charge in [0.2, 0.25) is 0 Å². The van der Waals surface area contributed by atoms with Crippen LogP contribution in [0.2, 0.25) is 0 Å². The van der Waals surface area contributed by atoms with Crippen LogP contribution in [0.25, 0.3) is 0 Å². The molecule has 0 aromatic heterocycles. The van der Waals surface area contributed by atoms with Gasteiger partial charge in [0.25, 0.3) is 0 Å². The lowest BCUT2D eigenvalue weighted by molar-refractivity contribution is 0.170. The molecule has 0 radical (unpaired) electrons. The highest BCUT2D eigenvalue weighted by atomic mass is 16.3. The summed E-state index contributed by atoms with van der Waals surface area (Å²) >= 11 is 0. The molecular formula is C17H29NO. The van der Waals surface area contributed by atoms with Gasteiger partial charge in [-0.2, -0.15) is 0 Å². The Morgan fingerprint density at radius 3 is 2.16 bits per heavy atom. The molecule has 0 spiro atoms. The molecule has 2 nitrogen and oxygen atoms in total. The molecule has 0 aliphatic heterocycles. The summed E-state index contributed by atoms with van der Waals surface area (Å²) in [7, 11) is 0. The van der Waals surface area contributed by atoms with Gasteiger partial charge in [0, 0.05) is 12.6 Å². The number of benzene rings is 1. The van der Waals surface area contributed by atoms with Gasteiger partial charge < -0.3 is 10.4 Å². The Bertz CT molecular complexity index is 353. The first-order valence-corrected chi connectivity index (χ1v) is 7.27. The van der Waals surface area contributed by atoms with Crippen LogP contribution in [0.5, 0.6) is 0 Å². The Balaban J connectivity index is 2.66. The van der Waals surface area contributed by atoms with Gasteiger partial charge in [-0.1, -0.05) is 51.1 Å². The third-order valence-corrected chi connectivity index (χ3v) is 3.87. The van der Waals surface area contributed by atoms with E-state index in [1.807, 2.05) is 13.0 Å². The van der Waals surface area contributed by atoms with E-state index >= 15 is 0 Å². The zero-order chi connectivity index (χ0) is 14.5. The van der Waals surface area contributed by atoms with Crippen LogP contribution in [0.4, 0.5) is 0 Å². The maximum atomic E-state index is 9.68. The van der Waals surface area contributed by atoms with Crippen molar-refractivity contribution in [1.29, 1.82) is 0 Å². The molecular weight excluding hydrogens is 234 g/mol. The average Bonchev–Trinajstić information content (AvgIpc) is 2.33. The molecule has 1 rings (SSSR count). The van der Waals surface area contributed by atoms with Crippen molar-refractivity contribution in [1.82, 2.24) is 5.32 Å². The molecule has 0 amide bonds. The third-order valence-electron chi connectivity index (χ3n) is 3.87. The van der Waals surface area contributed by atoms with Crippen LogP contribution in [0.15, 0.2) is 30.3 Å². The summed E-state index contributed by atoms with van der Waals surface area (Å²) in [6, 6.07) is 10.9. The van der Waals surface area contributed by atoms with Crippen LogP contribution < -0.4 is 5.32 Å². The van der Waals surface area contributed by atoms with Gasteiger partial charge in [-0.05, 0) is 37.2 Å². The second kappa shape index (κ2) is 7.06. The summed E-state index contributed by atoms with van der Waals surface area (Å²) in [4.78, 5) is 0. The van der Waals surface area contributed by atoms with Crippen molar-refractivity contribution in [2.24, 2.45) is 5.41 Å². The Kier molecular flexibility index (Phi) is 6.02. The first-order chi connectivity index (χ1) is 8.80. The minimum atomic E-state index is -0.267. The molecule has 0 unspecified atom stereocenters. The number of nitrogens with one attached hydrogen (secondary N) is 1. The van der Waals surface area contributed by atoms with E-state index in [4.69, 9.17) is 0 Å². The molecule has 2 heteroatoms. The number of rotatable bonds is 6. The van der Waals surface area contributed by atoms with Gasteiger partial charge in [-0.15, -0.1) is 0 Å². The zero-order valence-corrected chi connectivity index (χ0v) is 13.0. The molecule has 0 aliphatic rings. The molecule has 0 bridgehead atoms. The van der Waals surface area contributed by atoms with Gasteiger partial charge in [0.05, 0.1) is 6.10 Å². The minimum Gasteiger partial charge on any atom is -0.393 e. The second-order valence-corrected chi connectivity index (χ2v) is 6.69. The fourth-order valence-electron chi connectivity index (χ4n) is 2.10. The first kappa shape index (κ1) is 16.2. The number of aliphatic hydroxyl groups is 1. The Morgan fingerprint density at radius 1 is 1.11 bits per heavy atom. The van der Waals surface area contributed by atoms with E-state index in [-0.39, 0.29) is 11.5 Å². The minimum absolute atomic E-state index is 0.256. The zero-order valence-electron chi connectivity index (χ0n) is 13.0. The van der Waals surface area contributed by atoms with Crippen molar-refractivity contribution in [3.05, 3.63) is 35.9 Å². The molecule has 1 aromatic carbocycles. The van der Waals surface area contributed by atoms with Crippen molar-refractivity contribution in [3.8, 4) is 0 Å². The van der Waals surface area contributed by atoms with E-state index < -0.39 is 0 Å². The summed E-state index contributed by atoms with van der Waals surface area (Å²) in [6.45, 7) is 11.7. The summed E-state index contributed by atoms with van der Waals surface area (Å²) in [5, 5.41) is 13.3. The van der Waals surface area contributed by atoms with E-state index in [1.54, 1.807) is 0 Å². The quantitative estimate of drug-likeness (QED) is 0.822. The van der Waals surface area contributed by atoms with E-state index in [9.17, 15) is 5.11 Å². The van der Waals surface area contributed by atoms with Gasteiger partial charge in [-0.3, -0.25) is 0 Å². The topological polar surface area (TPSA) is 32.3 Å². The van der Waals surface area contributed by atoms with Crippen LogP contribution in [-0.2, 0) is 0 Å². The van der Waals surface area contributed by atoms with Crippen molar-refractivity contribution in [3.63, 3.8) is 0 Å². The van der Waals surface area contributed by atoms with Crippen molar-refractivity contribution < 1.29 is 5.11 Å². The largest absolute Gasteiger partial charge is 0.393 e. The molecule has 3 atom stereocenters. The van der Waals surface area contributed by atoms with Crippen LogP contribution in [0.1, 0.15) is 52.5 Å². The number of aliphatic hydroxyl groups excluding tert-OH is 1. The van der Waals surface area contributed by atoms with Crippen LogP contribution >= 0.6 is 0 Å². The van der Waals surface area contributed by atoms with Gasteiger partial charge in [-0.25, -0.2) is 0 Å². The first-order valence-electron chi connectivity index (χ1n) is 7.27. The molecule has 0 saturated heterocycles. The highest BCUT2D eigenvalue weighted by Gasteiger charge is 2.21. The standard InChI is InChI=1S/C17H29NO/c1-13(19)11-16(15-9-7-6-8-10-15)12-18-14(2)17(3,4)5/h6-10,13-14,16,18-19H,11-12H2,1-5H3/t13-,14+,16+/m0/s1. The molecule has 1 aromatic rings. The maximum Gasteiger partial charge on any atom is 0.0518 e. The number of hydrogen-bond donors (Lipinski definition) is 2. The average molecular weight is 263 g/mol. The highest BCUT2D eigenvalue weighted by Crippen LogP contribution is 2.23. The second-order valence-electron chi connectivity index (χ2n) is 6.69. The van der Waals surface area contributed by atoms with Gasteiger partial charge in [0.1, 0.15) is 0 Å². The molecule has 108 valence electrons. The molecule has 0 heterocycles. The predicted octanol–water partition coefficient (Wildman–Crippen LogP) is 3.57. The molecule has 0 fully saturated rings. The van der Waals surface area contributed by atoms with Crippen LogP contribution in [0.3, 0.4) is 0 Å². The van der Waals surface area contributed by atoms with E-state index in [0.717, 1.165) is 13.0 Å². The van der Waals surface area contributed by atoms with E-state index in [1.165, 1.54) is 5.56 Å². The van der Waals surface area contributed by atoms with Crippen molar-refractivity contribution in [2.75, 3.05) is 6.54 Å². The molecule has 19 heavy (non-hydrogen) atoms. The summed E-state index contributed by atoms with van der Waals surface area (Å²) in [5.74, 6) is 0.367. The Hall–Kier alpha value is -0.860. The SMILES string of the molecule is C[C@H](O)C[C@H](CN[C@H](C)C(C)(C)C)c1ccccc1. The third kappa shape index (κ3) is 5.75. The molecule has 0 aliphatic carbocycles. The van der Waals surface area contributed by atoms with Crippen molar-refractivity contribution in [2.45, 2.75) is 59.1 Å². The van der Waals surface area contributed by atoms with Gasteiger partial charge in [0.15, 0.2) is 0 Å². The van der Waals surface area contributed by atoms with Crippen molar-refractivity contribution >= 4 is 0 Å². The van der Waals surface area contributed by atoms with Crippen LogP contribution in [-0.4, -0.2) is 23.8 Å². The smallest absolute Gasteiger partial charge is 0.0518 e. The highest BCUT2D eigenvalue weighted by molar-refractivity contribution is 5.20. The lowest BCUT2D eigenvalue weighted by Gasteiger charge is -2.30. The lowest BCUT2D eigenvalue weighted by atomic mass is 9.87. The maximum absolute atomic E-state index is 9.68. The normalized spacial score (nSPS) is 16.9. The Labute approximate surface area is 118 Å². The van der Waals surface area contributed by atoms with E-state index in [2.05, 4.69) is 57.3 Å². The van der Waals surface area contributed by atoms with E-state index in [0.29, 0.717) is 12.0 Å². The monoisotopic (exact) mass is 263 g/mol. The predicted molar refractivity (Wildman–Crippen MR) is 82.4 cm³/mol. The molecule has 0 saturated carbocycles. The fraction of sp³-hybridized carbons (Fsp3) is 0.647. The fourth-order valence-corrected chi connectivity index (χ4v) is 2.10. The number of hydrogen-bond acceptors (Lipinski definition) is 2. The lowest BCUT2D eigenvalue weighted by Crippen LogP contribution is -2.40. The Morgan fingerprint density at radius 2 is 1.68 bits per heavy atom. The summed E-state index contributed by atoms with van der Waals surface area (Å²) in [5.41, 5.74) is 1.56. The van der Waals surface area contributed by atoms with Gasteiger partial charge >= 0.3 is 0 Å².